The molecule has 3 aliphatic rings. The maximum absolute atomic E-state index is 5.88. The van der Waals surface area contributed by atoms with E-state index in [0.717, 1.165) is 31.4 Å². The molecule has 1 aliphatic carbocycles. The van der Waals surface area contributed by atoms with Gasteiger partial charge in [-0.05, 0) is 31.7 Å². The highest BCUT2D eigenvalue weighted by atomic mass is 16.5. The SMILES string of the molecule is CN(C)c1ncc2c(n1)[C@@]1(CCN(CC3CC3)C1)COC2. The van der Waals surface area contributed by atoms with Gasteiger partial charge in [-0.25, -0.2) is 9.97 Å². The number of nitrogens with zero attached hydrogens (tertiary/aromatic N) is 4. The largest absolute Gasteiger partial charge is 0.376 e. The van der Waals surface area contributed by atoms with Crippen LogP contribution < -0.4 is 4.90 Å². The lowest BCUT2D eigenvalue weighted by Crippen LogP contribution is -2.41. The number of hydrogen-bond donors (Lipinski definition) is 0. The van der Waals surface area contributed by atoms with Crippen LogP contribution in [0, 0.1) is 5.92 Å². The number of anilines is 1. The van der Waals surface area contributed by atoms with Gasteiger partial charge in [-0.15, -0.1) is 0 Å². The Balaban J connectivity index is 1.64. The van der Waals surface area contributed by atoms with Crippen molar-refractivity contribution in [2.24, 2.45) is 5.92 Å². The number of ether oxygens (including phenoxy) is 1. The van der Waals surface area contributed by atoms with Crippen molar-refractivity contribution >= 4 is 5.95 Å². The average molecular weight is 288 g/mol. The maximum Gasteiger partial charge on any atom is 0.225 e. The molecule has 21 heavy (non-hydrogen) atoms. The van der Waals surface area contributed by atoms with Crippen LogP contribution in [0.15, 0.2) is 6.20 Å². The Morgan fingerprint density at radius 1 is 1.43 bits per heavy atom. The van der Waals surface area contributed by atoms with Gasteiger partial charge in [0.05, 0.1) is 24.3 Å². The quantitative estimate of drug-likeness (QED) is 0.841. The van der Waals surface area contributed by atoms with E-state index in [1.165, 1.54) is 37.2 Å². The molecular weight excluding hydrogens is 264 g/mol. The molecule has 1 atom stereocenters. The van der Waals surface area contributed by atoms with E-state index in [-0.39, 0.29) is 5.41 Å². The lowest BCUT2D eigenvalue weighted by molar-refractivity contribution is 0.0504. The van der Waals surface area contributed by atoms with Crippen LogP contribution in [-0.2, 0) is 16.8 Å². The number of likely N-dealkylation sites (tertiary alicyclic amines) is 1. The fourth-order valence-electron chi connectivity index (χ4n) is 3.69. The molecule has 4 rings (SSSR count). The van der Waals surface area contributed by atoms with Crippen LogP contribution in [0.2, 0.25) is 0 Å². The Kier molecular flexibility index (Phi) is 3.15. The van der Waals surface area contributed by atoms with Crippen molar-refractivity contribution in [2.45, 2.75) is 31.3 Å². The molecule has 0 aromatic carbocycles. The van der Waals surface area contributed by atoms with Gasteiger partial charge in [-0.1, -0.05) is 0 Å². The van der Waals surface area contributed by atoms with Crippen LogP contribution in [0.4, 0.5) is 5.95 Å². The molecule has 2 fully saturated rings. The van der Waals surface area contributed by atoms with Crippen molar-refractivity contribution < 1.29 is 4.74 Å². The second-order valence-electron chi connectivity index (χ2n) is 7.14. The topological polar surface area (TPSA) is 41.5 Å². The van der Waals surface area contributed by atoms with E-state index < -0.39 is 0 Å². The summed E-state index contributed by atoms with van der Waals surface area (Å²) in [7, 11) is 4.00. The first kappa shape index (κ1) is 13.5. The van der Waals surface area contributed by atoms with Crippen molar-refractivity contribution in [1.29, 1.82) is 0 Å². The zero-order valence-electron chi connectivity index (χ0n) is 13.0. The average Bonchev–Trinajstić information content (AvgIpc) is 3.20. The molecule has 5 nitrogen and oxygen atoms in total. The highest BCUT2D eigenvalue weighted by molar-refractivity contribution is 5.37. The van der Waals surface area contributed by atoms with E-state index >= 15 is 0 Å². The van der Waals surface area contributed by atoms with Crippen LogP contribution >= 0.6 is 0 Å². The molecule has 114 valence electrons. The van der Waals surface area contributed by atoms with Crippen molar-refractivity contribution in [3.8, 4) is 0 Å². The van der Waals surface area contributed by atoms with Crippen molar-refractivity contribution in [1.82, 2.24) is 14.9 Å². The zero-order valence-corrected chi connectivity index (χ0v) is 13.0. The minimum absolute atomic E-state index is 0.0934. The lowest BCUT2D eigenvalue weighted by atomic mass is 9.80. The number of aromatic nitrogens is 2. The van der Waals surface area contributed by atoms with Crippen LogP contribution in [0.1, 0.15) is 30.5 Å². The second kappa shape index (κ2) is 4.92. The fraction of sp³-hybridized carbons (Fsp3) is 0.750. The van der Waals surface area contributed by atoms with E-state index in [1.807, 2.05) is 25.2 Å². The summed E-state index contributed by atoms with van der Waals surface area (Å²) in [4.78, 5) is 13.9. The molecule has 1 spiro atoms. The second-order valence-corrected chi connectivity index (χ2v) is 7.14. The molecule has 0 unspecified atom stereocenters. The third kappa shape index (κ3) is 2.42. The summed E-state index contributed by atoms with van der Waals surface area (Å²) >= 11 is 0. The zero-order chi connectivity index (χ0) is 14.4. The van der Waals surface area contributed by atoms with Gasteiger partial charge in [0.1, 0.15) is 0 Å². The summed E-state index contributed by atoms with van der Waals surface area (Å²) in [5.74, 6) is 1.77. The summed E-state index contributed by atoms with van der Waals surface area (Å²) < 4.78 is 5.88. The van der Waals surface area contributed by atoms with E-state index in [9.17, 15) is 0 Å². The molecule has 1 aromatic rings. The lowest BCUT2D eigenvalue weighted by Gasteiger charge is -2.34. The molecule has 1 aromatic heterocycles. The molecule has 0 amide bonds. The Morgan fingerprint density at radius 3 is 3.05 bits per heavy atom. The minimum Gasteiger partial charge on any atom is -0.376 e. The monoisotopic (exact) mass is 288 g/mol. The first-order valence-corrected chi connectivity index (χ1v) is 8.00. The number of hydrogen-bond acceptors (Lipinski definition) is 5. The highest BCUT2D eigenvalue weighted by Gasteiger charge is 2.45. The maximum atomic E-state index is 5.88. The molecular formula is C16H24N4O. The van der Waals surface area contributed by atoms with Gasteiger partial charge in [-0.2, -0.15) is 0 Å². The summed E-state index contributed by atoms with van der Waals surface area (Å²) in [5.41, 5.74) is 2.52. The Morgan fingerprint density at radius 2 is 2.29 bits per heavy atom. The third-order valence-electron chi connectivity index (χ3n) is 5.04. The van der Waals surface area contributed by atoms with Crippen LogP contribution in [-0.4, -0.2) is 55.2 Å². The molecule has 3 heterocycles. The van der Waals surface area contributed by atoms with Crippen LogP contribution in [0.5, 0.6) is 0 Å². The smallest absolute Gasteiger partial charge is 0.225 e. The number of fused-ring (bicyclic) bond motifs is 2. The van der Waals surface area contributed by atoms with Crippen molar-refractivity contribution in [3.05, 3.63) is 17.5 Å². The van der Waals surface area contributed by atoms with Gasteiger partial charge in [0.25, 0.3) is 0 Å². The Bertz CT molecular complexity index is 543. The van der Waals surface area contributed by atoms with Gasteiger partial charge in [-0.3, -0.25) is 0 Å². The standard InChI is InChI=1S/C16H24N4O/c1-19(2)15-17-7-13-9-21-11-16(14(13)18-15)5-6-20(10-16)8-12-3-4-12/h7,12H,3-6,8-11H2,1-2H3/t16-/m1/s1. The molecule has 0 bridgehead atoms. The molecule has 0 radical (unpaired) electrons. The summed E-state index contributed by atoms with van der Waals surface area (Å²) in [6.45, 7) is 5.02. The predicted octanol–water partition coefficient (Wildman–Crippen LogP) is 1.43. The molecule has 1 saturated carbocycles. The predicted molar refractivity (Wildman–Crippen MR) is 81.5 cm³/mol. The Labute approximate surface area is 126 Å². The fourth-order valence-corrected chi connectivity index (χ4v) is 3.69. The first-order chi connectivity index (χ1) is 10.2. The first-order valence-electron chi connectivity index (χ1n) is 8.00. The summed E-state index contributed by atoms with van der Waals surface area (Å²) in [5, 5.41) is 0. The van der Waals surface area contributed by atoms with E-state index in [4.69, 9.17) is 9.72 Å². The molecule has 1 saturated heterocycles. The van der Waals surface area contributed by atoms with Crippen LogP contribution in [0.25, 0.3) is 0 Å². The van der Waals surface area contributed by atoms with Gasteiger partial charge < -0.3 is 14.5 Å². The van der Waals surface area contributed by atoms with Crippen molar-refractivity contribution in [3.63, 3.8) is 0 Å². The van der Waals surface area contributed by atoms with Gasteiger partial charge in [0.2, 0.25) is 5.95 Å². The number of rotatable bonds is 3. The van der Waals surface area contributed by atoms with Gasteiger partial charge >= 0.3 is 0 Å². The van der Waals surface area contributed by atoms with Crippen LogP contribution in [0.3, 0.4) is 0 Å². The van der Waals surface area contributed by atoms with Gasteiger partial charge in [0.15, 0.2) is 0 Å². The van der Waals surface area contributed by atoms with Crippen molar-refractivity contribution in [2.75, 3.05) is 45.2 Å². The summed E-state index contributed by atoms with van der Waals surface area (Å²) in [6.07, 6.45) is 5.96. The normalized spacial score (nSPS) is 28.9. The van der Waals surface area contributed by atoms with E-state index in [0.29, 0.717) is 6.61 Å². The highest BCUT2D eigenvalue weighted by Crippen LogP contribution is 2.41. The molecule has 0 N–H and O–H groups in total. The summed E-state index contributed by atoms with van der Waals surface area (Å²) in [6, 6.07) is 0. The third-order valence-corrected chi connectivity index (χ3v) is 5.04. The molecule has 2 aliphatic heterocycles. The van der Waals surface area contributed by atoms with E-state index in [1.54, 1.807) is 0 Å². The minimum atomic E-state index is 0.0934. The molecule has 5 heteroatoms. The Hall–Kier alpha value is -1.20. The van der Waals surface area contributed by atoms with E-state index in [2.05, 4.69) is 9.88 Å². The van der Waals surface area contributed by atoms with Gasteiger partial charge in [0, 0.05) is 38.9 Å².